The molecule has 2 amide bonds. The number of aromatic amines is 1. The van der Waals surface area contributed by atoms with Crippen LogP contribution in [0.2, 0.25) is 0 Å². The highest BCUT2D eigenvalue weighted by Gasteiger charge is 2.28. The van der Waals surface area contributed by atoms with Crippen LogP contribution in [0.3, 0.4) is 0 Å². The number of fused-ring (bicyclic) bond motifs is 1. The van der Waals surface area contributed by atoms with Gasteiger partial charge in [-0.05, 0) is 18.2 Å². The van der Waals surface area contributed by atoms with Gasteiger partial charge in [0, 0.05) is 0 Å². The summed E-state index contributed by atoms with van der Waals surface area (Å²) in [5, 5.41) is 7.94. The molecule has 20 heavy (non-hydrogen) atoms. The molecule has 1 aromatic carbocycles. The predicted molar refractivity (Wildman–Crippen MR) is 65.4 cm³/mol. The molecular weight excluding hydrogens is 286 g/mol. The molecular formula is C10H7N5O4S. The van der Waals surface area contributed by atoms with Gasteiger partial charge in [0.2, 0.25) is 5.95 Å². The molecule has 0 bridgehead atoms. The van der Waals surface area contributed by atoms with Crippen molar-refractivity contribution < 1.29 is 18.0 Å². The van der Waals surface area contributed by atoms with Gasteiger partial charge in [-0.1, -0.05) is 0 Å². The molecule has 2 heterocycles. The van der Waals surface area contributed by atoms with Crippen molar-refractivity contribution in [2.45, 2.75) is 4.90 Å². The van der Waals surface area contributed by atoms with Crippen molar-refractivity contribution in [3.05, 3.63) is 35.7 Å². The third-order valence-electron chi connectivity index (χ3n) is 2.66. The Bertz CT molecular complexity index is 812. The van der Waals surface area contributed by atoms with Crippen LogP contribution in [0.4, 0.5) is 5.95 Å². The molecule has 3 N–H and O–H groups in total. The molecule has 0 aliphatic carbocycles. The number of nitrogens with one attached hydrogen (secondary N) is 3. The molecule has 1 aliphatic heterocycles. The number of H-pyrrole nitrogens is 1. The number of nitrogens with zero attached hydrogens (tertiary/aromatic N) is 2. The fourth-order valence-corrected chi connectivity index (χ4v) is 2.75. The normalized spacial score (nSPS) is 14.0. The van der Waals surface area contributed by atoms with Gasteiger partial charge in [0.15, 0.2) is 0 Å². The van der Waals surface area contributed by atoms with E-state index in [1.165, 1.54) is 12.1 Å². The summed E-state index contributed by atoms with van der Waals surface area (Å²) in [7, 11) is -3.92. The monoisotopic (exact) mass is 293 g/mol. The first-order valence-electron chi connectivity index (χ1n) is 5.35. The highest BCUT2D eigenvalue weighted by atomic mass is 32.2. The van der Waals surface area contributed by atoms with Crippen LogP contribution in [-0.4, -0.2) is 35.4 Å². The predicted octanol–water partition coefficient (Wildman–Crippen LogP) is -0.511. The smallest absolute Gasteiger partial charge is 0.264 e. The lowest BCUT2D eigenvalue weighted by atomic mass is 10.1. The quantitative estimate of drug-likeness (QED) is 0.652. The Kier molecular flexibility index (Phi) is 2.54. The maximum absolute atomic E-state index is 12.1. The number of benzene rings is 1. The summed E-state index contributed by atoms with van der Waals surface area (Å²) in [6.45, 7) is 0. The Balaban J connectivity index is 2.01. The molecule has 10 heteroatoms. The van der Waals surface area contributed by atoms with Crippen molar-refractivity contribution in [3.63, 3.8) is 0 Å². The minimum absolute atomic E-state index is 0.0236. The van der Waals surface area contributed by atoms with E-state index >= 15 is 0 Å². The van der Waals surface area contributed by atoms with Gasteiger partial charge in [-0.2, -0.15) is 10.1 Å². The number of rotatable bonds is 3. The summed E-state index contributed by atoms with van der Waals surface area (Å²) in [6, 6.07) is 3.65. The molecule has 1 aromatic heterocycles. The highest BCUT2D eigenvalue weighted by molar-refractivity contribution is 7.92. The van der Waals surface area contributed by atoms with E-state index in [0.717, 1.165) is 12.4 Å². The van der Waals surface area contributed by atoms with Gasteiger partial charge in [0.05, 0.1) is 16.0 Å². The molecule has 0 fully saturated rings. The Labute approximate surface area is 112 Å². The lowest BCUT2D eigenvalue weighted by Crippen LogP contribution is -2.20. The van der Waals surface area contributed by atoms with Gasteiger partial charge in [-0.3, -0.25) is 14.9 Å². The van der Waals surface area contributed by atoms with Crippen LogP contribution in [0.25, 0.3) is 0 Å². The molecule has 0 saturated carbocycles. The third kappa shape index (κ3) is 1.91. The third-order valence-corrected chi connectivity index (χ3v) is 4.00. The molecule has 102 valence electrons. The van der Waals surface area contributed by atoms with Crippen LogP contribution in [-0.2, 0) is 10.0 Å². The van der Waals surface area contributed by atoms with Gasteiger partial charge in [-0.15, -0.1) is 0 Å². The molecule has 3 rings (SSSR count). The van der Waals surface area contributed by atoms with Crippen LogP contribution in [0.5, 0.6) is 0 Å². The molecule has 0 unspecified atom stereocenters. The summed E-state index contributed by atoms with van der Waals surface area (Å²) in [6.07, 6.45) is 1.15. The topological polar surface area (TPSA) is 134 Å². The Morgan fingerprint density at radius 3 is 2.55 bits per heavy atom. The highest BCUT2D eigenvalue weighted by Crippen LogP contribution is 2.21. The molecule has 0 saturated heterocycles. The second-order valence-corrected chi connectivity index (χ2v) is 5.61. The van der Waals surface area contributed by atoms with E-state index in [2.05, 4.69) is 25.2 Å². The van der Waals surface area contributed by atoms with E-state index < -0.39 is 21.8 Å². The van der Waals surface area contributed by atoms with Crippen molar-refractivity contribution in [3.8, 4) is 0 Å². The summed E-state index contributed by atoms with van der Waals surface area (Å²) < 4.78 is 26.3. The molecule has 0 radical (unpaired) electrons. The van der Waals surface area contributed by atoms with Gasteiger partial charge >= 0.3 is 0 Å². The molecule has 0 spiro atoms. The number of hydrogen-bond acceptors (Lipinski definition) is 6. The van der Waals surface area contributed by atoms with Crippen LogP contribution in [0.15, 0.2) is 29.4 Å². The molecule has 2 aromatic rings. The van der Waals surface area contributed by atoms with Crippen LogP contribution >= 0.6 is 0 Å². The van der Waals surface area contributed by atoms with Gasteiger partial charge < -0.3 is 0 Å². The number of hydrogen-bond donors (Lipinski definition) is 3. The van der Waals surface area contributed by atoms with Gasteiger partial charge in [-0.25, -0.2) is 18.2 Å². The minimum atomic E-state index is -3.92. The largest absolute Gasteiger partial charge is 0.288 e. The maximum Gasteiger partial charge on any atom is 0.264 e. The van der Waals surface area contributed by atoms with Gasteiger partial charge in [0.25, 0.3) is 21.8 Å². The minimum Gasteiger partial charge on any atom is -0.288 e. The van der Waals surface area contributed by atoms with E-state index in [9.17, 15) is 18.0 Å². The SMILES string of the molecule is O=C1NC(=O)c2cc(S(=O)(=O)Nc3ncn[nH]3)ccc21. The number of anilines is 1. The van der Waals surface area contributed by atoms with Crippen molar-refractivity contribution in [1.82, 2.24) is 20.5 Å². The lowest BCUT2D eigenvalue weighted by Gasteiger charge is -2.05. The second kappa shape index (κ2) is 4.13. The second-order valence-electron chi connectivity index (χ2n) is 3.93. The van der Waals surface area contributed by atoms with E-state index in [4.69, 9.17) is 0 Å². The first kappa shape index (κ1) is 12.3. The van der Waals surface area contributed by atoms with Gasteiger partial charge in [0.1, 0.15) is 6.33 Å². The Hall–Kier alpha value is -2.75. The number of aromatic nitrogens is 3. The van der Waals surface area contributed by atoms with Crippen LogP contribution in [0, 0.1) is 0 Å². The Morgan fingerprint density at radius 2 is 1.85 bits per heavy atom. The summed E-state index contributed by atoms with van der Waals surface area (Å²) in [4.78, 5) is 26.4. The molecule has 9 nitrogen and oxygen atoms in total. The standard InChI is InChI=1S/C10H7N5O4S/c16-8-6-2-1-5(3-7(6)9(17)13-8)20(18,19)15-10-11-4-12-14-10/h1-4H,(H,13,16,17)(H2,11,12,14,15). The number of imide groups is 1. The zero-order valence-corrected chi connectivity index (χ0v) is 10.6. The fraction of sp³-hybridized carbons (Fsp3) is 0. The van der Waals surface area contributed by atoms with Crippen molar-refractivity contribution in [2.75, 3.05) is 4.72 Å². The van der Waals surface area contributed by atoms with E-state index in [-0.39, 0.29) is 22.0 Å². The maximum atomic E-state index is 12.1. The zero-order valence-electron chi connectivity index (χ0n) is 9.75. The van der Waals surface area contributed by atoms with E-state index in [0.29, 0.717) is 0 Å². The number of sulfonamides is 1. The Morgan fingerprint density at radius 1 is 1.10 bits per heavy atom. The summed E-state index contributed by atoms with van der Waals surface area (Å²) >= 11 is 0. The van der Waals surface area contributed by atoms with Crippen molar-refractivity contribution in [1.29, 1.82) is 0 Å². The summed E-state index contributed by atoms with van der Waals surface area (Å²) in [5.74, 6) is -1.22. The van der Waals surface area contributed by atoms with Crippen LogP contribution in [0.1, 0.15) is 20.7 Å². The number of amides is 2. The number of carbonyl (C=O) groups is 2. The average Bonchev–Trinajstić information content (AvgIpc) is 2.98. The molecule has 1 aliphatic rings. The van der Waals surface area contributed by atoms with E-state index in [1.807, 2.05) is 0 Å². The first-order chi connectivity index (χ1) is 9.47. The first-order valence-corrected chi connectivity index (χ1v) is 6.83. The summed E-state index contributed by atoms with van der Waals surface area (Å²) in [5.41, 5.74) is 0.170. The van der Waals surface area contributed by atoms with Crippen molar-refractivity contribution >= 4 is 27.8 Å². The molecule has 0 atom stereocenters. The van der Waals surface area contributed by atoms with Crippen LogP contribution < -0.4 is 10.0 Å². The fourth-order valence-electron chi connectivity index (χ4n) is 1.76. The van der Waals surface area contributed by atoms with E-state index in [1.54, 1.807) is 0 Å². The average molecular weight is 293 g/mol. The van der Waals surface area contributed by atoms with Crippen molar-refractivity contribution in [2.24, 2.45) is 0 Å². The zero-order chi connectivity index (χ0) is 14.3. The number of carbonyl (C=O) groups excluding carboxylic acids is 2. The lowest BCUT2D eigenvalue weighted by molar-refractivity contribution is 0.0879.